The van der Waals surface area contributed by atoms with Crippen molar-refractivity contribution in [1.82, 2.24) is 5.32 Å². The third-order valence-electron chi connectivity index (χ3n) is 7.36. The summed E-state index contributed by atoms with van der Waals surface area (Å²) in [4.78, 5) is 0. The summed E-state index contributed by atoms with van der Waals surface area (Å²) in [5.41, 5.74) is 0.608. The molecule has 0 aromatic heterocycles. The Kier molecular flexibility index (Phi) is 3.38. The molecule has 0 heterocycles. The summed E-state index contributed by atoms with van der Waals surface area (Å²) in [6.45, 7) is 2.84. The van der Waals surface area contributed by atoms with Crippen LogP contribution in [0.5, 0.6) is 0 Å². The number of hydrogen-bond donors (Lipinski definition) is 2. The van der Waals surface area contributed by atoms with E-state index in [2.05, 4.69) is 12.2 Å². The van der Waals surface area contributed by atoms with Crippen LogP contribution >= 0.6 is 0 Å². The normalized spacial score (nSPS) is 51.6. The first kappa shape index (κ1) is 13.6. The molecule has 0 aliphatic heterocycles. The van der Waals surface area contributed by atoms with Gasteiger partial charge in [0.15, 0.2) is 0 Å². The molecular weight excluding hydrogens is 246 g/mol. The van der Waals surface area contributed by atoms with Crippen molar-refractivity contribution in [2.45, 2.75) is 76.8 Å². The van der Waals surface area contributed by atoms with Crippen LogP contribution in [-0.2, 0) is 0 Å². The fourth-order valence-corrected chi connectivity index (χ4v) is 6.68. The zero-order chi connectivity index (χ0) is 13.7. The van der Waals surface area contributed by atoms with E-state index in [0.29, 0.717) is 30.0 Å². The van der Waals surface area contributed by atoms with Crippen molar-refractivity contribution in [1.29, 1.82) is 0 Å². The van der Waals surface area contributed by atoms with Crippen molar-refractivity contribution in [3.63, 3.8) is 0 Å². The van der Waals surface area contributed by atoms with Crippen LogP contribution in [-0.4, -0.2) is 23.8 Å². The minimum Gasteiger partial charge on any atom is -0.396 e. The van der Waals surface area contributed by atoms with Crippen LogP contribution in [0.25, 0.3) is 0 Å². The molecule has 4 bridgehead atoms. The van der Waals surface area contributed by atoms with Gasteiger partial charge in [0.1, 0.15) is 0 Å². The van der Waals surface area contributed by atoms with Gasteiger partial charge < -0.3 is 10.4 Å². The van der Waals surface area contributed by atoms with Gasteiger partial charge in [-0.15, -0.1) is 0 Å². The van der Waals surface area contributed by atoms with Gasteiger partial charge in [-0.25, -0.2) is 0 Å². The highest BCUT2D eigenvalue weighted by atomic mass is 16.3. The highest BCUT2D eigenvalue weighted by Gasteiger charge is 2.53. The van der Waals surface area contributed by atoms with Gasteiger partial charge in [0, 0.05) is 18.7 Å². The predicted molar refractivity (Wildman–Crippen MR) is 81.4 cm³/mol. The minimum absolute atomic E-state index is 0.380. The van der Waals surface area contributed by atoms with E-state index in [-0.39, 0.29) is 0 Å². The second-order valence-electron chi connectivity index (χ2n) is 8.65. The molecule has 2 heteroatoms. The molecule has 5 aliphatic rings. The first-order valence-corrected chi connectivity index (χ1v) is 9.05. The Balaban J connectivity index is 1.46. The molecule has 3 unspecified atom stereocenters. The molecule has 5 rings (SSSR count). The van der Waals surface area contributed by atoms with Crippen molar-refractivity contribution >= 4 is 0 Å². The van der Waals surface area contributed by atoms with Crippen molar-refractivity contribution in [3.05, 3.63) is 0 Å². The Hall–Kier alpha value is -0.0800. The summed E-state index contributed by atoms with van der Waals surface area (Å²) in [6, 6.07) is 1.25. The standard InChI is InChI=1S/C18H31NO/c1-12(19-17-4-2-3-16(17)11-20)18-8-13-5-14(9-18)7-15(6-13)10-18/h12-17,19-20H,2-11H2,1H3. The van der Waals surface area contributed by atoms with Gasteiger partial charge in [-0.3, -0.25) is 0 Å². The molecule has 5 aliphatic carbocycles. The van der Waals surface area contributed by atoms with E-state index in [1.165, 1.54) is 57.8 Å². The Morgan fingerprint density at radius 1 is 1.05 bits per heavy atom. The summed E-state index contributed by atoms with van der Waals surface area (Å²) in [5, 5.41) is 13.5. The molecule has 2 N–H and O–H groups in total. The van der Waals surface area contributed by atoms with Crippen LogP contribution in [0.15, 0.2) is 0 Å². The molecule has 5 fully saturated rings. The fourth-order valence-electron chi connectivity index (χ4n) is 6.68. The van der Waals surface area contributed by atoms with Crippen LogP contribution in [0, 0.1) is 29.1 Å². The maximum Gasteiger partial charge on any atom is 0.0474 e. The van der Waals surface area contributed by atoms with Gasteiger partial charge in [-0.2, -0.15) is 0 Å². The number of rotatable bonds is 4. The van der Waals surface area contributed by atoms with Crippen LogP contribution in [0.4, 0.5) is 0 Å². The highest BCUT2D eigenvalue weighted by molar-refractivity contribution is 5.06. The van der Waals surface area contributed by atoms with Gasteiger partial charge in [-0.05, 0) is 87.4 Å². The Bertz CT molecular complexity index is 331. The molecule has 3 atom stereocenters. The number of nitrogens with one attached hydrogen (secondary N) is 1. The maximum absolute atomic E-state index is 9.54. The first-order chi connectivity index (χ1) is 9.68. The van der Waals surface area contributed by atoms with E-state index in [4.69, 9.17) is 0 Å². The van der Waals surface area contributed by atoms with Crippen molar-refractivity contribution in [3.8, 4) is 0 Å². The van der Waals surface area contributed by atoms with E-state index in [1.54, 1.807) is 0 Å². The Labute approximate surface area is 123 Å². The summed E-state index contributed by atoms with van der Waals surface area (Å²) in [5.74, 6) is 3.65. The second kappa shape index (κ2) is 4.98. The average Bonchev–Trinajstić information content (AvgIpc) is 2.84. The van der Waals surface area contributed by atoms with Crippen LogP contribution in [0.3, 0.4) is 0 Å². The lowest BCUT2D eigenvalue weighted by Gasteiger charge is -2.59. The second-order valence-corrected chi connectivity index (χ2v) is 8.65. The lowest BCUT2D eigenvalue weighted by Crippen LogP contribution is -2.57. The van der Waals surface area contributed by atoms with Crippen molar-refractivity contribution in [2.24, 2.45) is 29.1 Å². The minimum atomic E-state index is 0.380. The van der Waals surface area contributed by atoms with Gasteiger partial charge in [0.05, 0.1) is 0 Å². The first-order valence-electron chi connectivity index (χ1n) is 9.05. The van der Waals surface area contributed by atoms with Gasteiger partial charge in [0.25, 0.3) is 0 Å². The van der Waals surface area contributed by atoms with E-state index in [1.807, 2.05) is 0 Å². The maximum atomic E-state index is 9.54. The molecule has 20 heavy (non-hydrogen) atoms. The number of aliphatic hydroxyl groups is 1. The van der Waals surface area contributed by atoms with Crippen molar-refractivity contribution < 1.29 is 5.11 Å². The summed E-state index contributed by atoms with van der Waals surface area (Å²) in [7, 11) is 0. The Morgan fingerprint density at radius 2 is 1.65 bits per heavy atom. The summed E-state index contributed by atoms with van der Waals surface area (Å²) >= 11 is 0. The van der Waals surface area contributed by atoms with E-state index >= 15 is 0 Å². The van der Waals surface area contributed by atoms with Gasteiger partial charge in [-0.1, -0.05) is 6.42 Å². The summed E-state index contributed by atoms with van der Waals surface area (Å²) in [6.07, 6.45) is 12.9. The molecule has 0 saturated heterocycles. The fraction of sp³-hybridized carbons (Fsp3) is 1.00. The quantitative estimate of drug-likeness (QED) is 0.826. The lowest BCUT2D eigenvalue weighted by molar-refractivity contribution is -0.0731. The SMILES string of the molecule is CC(NC1CCCC1CO)C12CC3CC(CC(C3)C1)C2. The third kappa shape index (κ3) is 2.14. The molecule has 5 saturated carbocycles. The molecule has 2 nitrogen and oxygen atoms in total. The molecule has 0 amide bonds. The van der Waals surface area contributed by atoms with E-state index in [9.17, 15) is 5.11 Å². The largest absolute Gasteiger partial charge is 0.396 e. The van der Waals surface area contributed by atoms with Gasteiger partial charge >= 0.3 is 0 Å². The molecule has 0 radical (unpaired) electrons. The zero-order valence-corrected chi connectivity index (χ0v) is 13.0. The van der Waals surface area contributed by atoms with Crippen LogP contribution in [0.2, 0.25) is 0 Å². The van der Waals surface area contributed by atoms with Crippen molar-refractivity contribution in [2.75, 3.05) is 6.61 Å². The van der Waals surface area contributed by atoms with E-state index in [0.717, 1.165) is 17.8 Å². The zero-order valence-electron chi connectivity index (χ0n) is 13.0. The smallest absolute Gasteiger partial charge is 0.0474 e. The average molecular weight is 277 g/mol. The number of hydrogen-bond acceptors (Lipinski definition) is 2. The van der Waals surface area contributed by atoms with Crippen LogP contribution in [0.1, 0.15) is 64.7 Å². The highest BCUT2D eigenvalue weighted by Crippen LogP contribution is 2.61. The monoisotopic (exact) mass is 277 g/mol. The van der Waals surface area contributed by atoms with Crippen LogP contribution < -0.4 is 5.32 Å². The third-order valence-corrected chi connectivity index (χ3v) is 7.36. The topological polar surface area (TPSA) is 32.3 Å². The molecule has 0 spiro atoms. The molecular formula is C18H31NO. The molecule has 0 aromatic rings. The predicted octanol–water partition coefficient (Wildman–Crippen LogP) is 3.34. The Morgan fingerprint density at radius 3 is 2.20 bits per heavy atom. The van der Waals surface area contributed by atoms with E-state index < -0.39 is 0 Å². The molecule has 0 aromatic carbocycles. The van der Waals surface area contributed by atoms with Gasteiger partial charge in [0.2, 0.25) is 0 Å². The molecule has 114 valence electrons. The lowest BCUT2D eigenvalue weighted by atomic mass is 9.48. The summed E-state index contributed by atoms with van der Waals surface area (Å²) < 4.78 is 0. The number of aliphatic hydroxyl groups excluding tert-OH is 1.